The standard InChI is InChI=1S/C16H22BrNO/c1-11(2)19-14-8-13-10-18(16(14)15(13)17)9-12-6-4-3-5-7-12/h3-7,11,13-16H,8-10H2,1-2H3/p+1/t13-,14+,15+,16-/m0/s1. The Morgan fingerprint density at radius 3 is 2.68 bits per heavy atom. The molecule has 2 bridgehead atoms. The van der Waals surface area contributed by atoms with E-state index in [0.717, 1.165) is 12.5 Å². The first-order chi connectivity index (χ1) is 9.15. The monoisotopic (exact) mass is 324 g/mol. The first-order valence-electron chi connectivity index (χ1n) is 7.33. The molecule has 1 aromatic carbocycles. The van der Waals surface area contributed by atoms with Crippen LogP contribution in [0.3, 0.4) is 0 Å². The van der Waals surface area contributed by atoms with Gasteiger partial charge in [0.05, 0.1) is 17.5 Å². The minimum atomic E-state index is 0.335. The normalized spacial score (nSPS) is 37.2. The number of fused-ring (bicyclic) bond motifs is 2. The summed E-state index contributed by atoms with van der Waals surface area (Å²) in [4.78, 5) is 2.32. The summed E-state index contributed by atoms with van der Waals surface area (Å²) >= 11 is 3.91. The van der Waals surface area contributed by atoms with E-state index in [4.69, 9.17) is 4.74 Å². The highest BCUT2D eigenvalue weighted by atomic mass is 79.9. The second-order valence-electron chi connectivity index (χ2n) is 6.21. The van der Waals surface area contributed by atoms with Gasteiger partial charge in [-0.25, -0.2) is 0 Å². The summed E-state index contributed by atoms with van der Waals surface area (Å²) in [6, 6.07) is 11.5. The van der Waals surface area contributed by atoms with Gasteiger partial charge in [0.1, 0.15) is 18.7 Å². The molecule has 1 saturated carbocycles. The number of hydrogen-bond donors (Lipinski definition) is 1. The smallest absolute Gasteiger partial charge is 0.127 e. The van der Waals surface area contributed by atoms with Crippen molar-refractivity contribution in [2.75, 3.05) is 6.54 Å². The Morgan fingerprint density at radius 2 is 2.05 bits per heavy atom. The number of ether oxygens (including phenoxy) is 1. The molecule has 5 atom stereocenters. The van der Waals surface area contributed by atoms with Crippen LogP contribution in [-0.4, -0.2) is 29.6 Å². The van der Waals surface area contributed by atoms with E-state index in [0.29, 0.717) is 23.1 Å². The Morgan fingerprint density at radius 1 is 1.32 bits per heavy atom. The molecule has 2 nitrogen and oxygen atoms in total. The molecular formula is C16H23BrNO+. The number of halogens is 1. The molecule has 3 rings (SSSR count). The van der Waals surface area contributed by atoms with Crippen molar-refractivity contribution >= 4 is 15.9 Å². The predicted octanol–water partition coefficient (Wildman–Crippen LogP) is 2.03. The van der Waals surface area contributed by atoms with Crippen LogP contribution in [0.2, 0.25) is 0 Å². The van der Waals surface area contributed by atoms with Gasteiger partial charge >= 0.3 is 0 Å². The van der Waals surface area contributed by atoms with Gasteiger partial charge in [-0.1, -0.05) is 46.3 Å². The summed E-state index contributed by atoms with van der Waals surface area (Å²) in [6.07, 6.45) is 2.00. The van der Waals surface area contributed by atoms with E-state index in [1.54, 1.807) is 4.90 Å². The number of hydrogen-bond acceptors (Lipinski definition) is 1. The molecule has 0 radical (unpaired) electrons. The van der Waals surface area contributed by atoms with Gasteiger partial charge in [0.15, 0.2) is 0 Å². The molecule has 2 fully saturated rings. The number of quaternary nitrogens is 1. The molecule has 0 amide bonds. The molecule has 2 aliphatic rings. The first kappa shape index (κ1) is 13.6. The van der Waals surface area contributed by atoms with Crippen LogP contribution in [0, 0.1) is 5.92 Å². The molecule has 1 aliphatic carbocycles. The van der Waals surface area contributed by atoms with Gasteiger partial charge in [0.2, 0.25) is 0 Å². The van der Waals surface area contributed by atoms with Gasteiger partial charge < -0.3 is 9.64 Å². The third-order valence-corrected chi connectivity index (χ3v) is 5.76. The van der Waals surface area contributed by atoms with Crippen LogP contribution in [0.25, 0.3) is 0 Å². The Hall–Kier alpha value is -0.380. The first-order valence-corrected chi connectivity index (χ1v) is 8.24. The zero-order valence-electron chi connectivity index (χ0n) is 11.7. The molecule has 0 spiro atoms. The molecule has 1 heterocycles. The van der Waals surface area contributed by atoms with E-state index in [9.17, 15) is 0 Å². The van der Waals surface area contributed by atoms with E-state index in [-0.39, 0.29) is 0 Å². The minimum absolute atomic E-state index is 0.335. The van der Waals surface area contributed by atoms with Crippen LogP contribution >= 0.6 is 15.9 Å². The van der Waals surface area contributed by atoms with Crippen molar-refractivity contribution in [1.29, 1.82) is 0 Å². The Balaban J connectivity index is 1.70. The summed E-state index contributed by atoms with van der Waals surface area (Å²) in [5.74, 6) is 0.785. The van der Waals surface area contributed by atoms with E-state index < -0.39 is 0 Å². The van der Waals surface area contributed by atoms with Gasteiger partial charge in [0, 0.05) is 11.5 Å². The quantitative estimate of drug-likeness (QED) is 0.837. The fraction of sp³-hybridized carbons (Fsp3) is 0.625. The van der Waals surface area contributed by atoms with Crippen LogP contribution < -0.4 is 4.90 Å². The Labute approximate surface area is 124 Å². The fourth-order valence-corrected chi connectivity index (χ4v) is 4.88. The molecule has 19 heavy (non-hydrogen) atoms. The van der Waals surface area contributed by atoms with Crippen molar-refractivity contribution in [1.82, 2.24) is 0 Å². The van der Waals surface area contributed by atoms with Gasteiger partial charge in [-0.3, -0.25) is 0 Å². The van der Waals surface area contributed by atoms with Crippen molar-refractivity contribution in [3.63, 3.8) is 0 Å². The minimum Gasteiger partial charge on any atom is -0.369 e. The maximum absolute atomic E-state index is 6.13. The maximum Gasteiger partial charge on any atom is 0.127 e. The summed E-state index contributed by atoms with van der Waals surface area (Å²) in [5.41, 5.74) is 1.44. The number of benzene rings is 1. The maximum atomic E-state index is 6.13. The molecule has 3 heteroatoms. The summed E-state index contributed by atoms with van der Waals surface area (Å²) in [6.45, 7) is 6.70. The lowest BCUT2D eigenvalue weighted by Gasteiger charge is -2.31. The third kappa shape index (κ3) is 2.74. The lowest BCUT2D eigenvalue weighted by atomic mass is 10.1. The predicted molar refractivity (Wildman–Crippen MR) is 80.6 cm³/mol. The topological polar surface area (TPSA) is 13.7 Å². The molecule has 0 aromatic heterocycles. The summed E-state index contributed by atoms with van der Waals surface area (Å²) < 4.78 is 6.13. The van der Waals surface area contributed by atoms with Crippen molar-refractivity contribution in [3.05, 3.63) is 35.9 Å². The van der Waals surface area contributed by atoms with Crippen molar-refractivity contribution in [2.45, 2.75) is 49.9 Å². The molecule has 1 aromatic rings. The average Bonchev–Trinajstić information content (AvgIpc) is 2.81. The van der Waals surface area contributed by atoms with Crippen LogP contribution in [0.5, 0.6) is 0 Å². The van der Waals surface area contributed by atoms with Crippen molar-refractivity contribution < 1.29 is 9.64 Å². The zero-order chi connectivity index (χ0) is 13.4. The number of piperidine rings is 1. The molecular weight excluding hydrogens is 302 g/mol. The van der Waals surface area contributed by atoms with E-state index in [1.807, 2.05) is 0 Å². The van der Waals surface area contributed by atoms with E-state index >= 15 is 0 Å². The van der Waals surface area contributed by atoms with Crippen LogP contribution in [0.4, 0.5) is 0 Å². The molecule has 1 aliphatic heterocycles. The molecule has 1 unspecified atom stereocenters. The highest BCUT2D eigenvalue weighted by Crippen LogP contribution is 2.36. The average molecular weight is 325 g/mol. The lowest BCUT2D eigenvalue weighted by Crippen LogP contribution is -3.15. The lowest BCUT2D eigenvalue weighted by molar-refractivity contribution is -0.934. The summed E-state index contributed by atoms with van der Waals surface area (Å²) in [7, 11) is 0. The highest BCUT2D eigenvalue weighted by Gasteiger charge is 2.55. The van der Waals surface area contributed by atoms with E-state index in [1.165, 1.54) is 18.5 Å². The Kier molecular flexibility index (Phi) is 3.97. The van der Waals surface area contributed by atoms with Gasteiger partial charge in [-0.15, -0.1) is 0 Å². The van der Waals surface area contributed by atoms with Crippen molar-refractivity contribution in [2.24, 2.45) is 5.92 Å². The zero-order valence-corrected chi connectivity index (χ0v) is 13.3. The molecule has 1 N–H and O–H groups in total. The van der Waals surface area contributed by atoms with Crippen LogP contribution in [-0.2, 0) is 11.3 Å². The molecule has 104 valence electrons. The largest absolute Gasteiger partial charge is 0.369 e. The third-order valence-electron chi connectivity index (χ3n) is 4.45. The van der Waals surface area contributed by atoms with Gasteiger partial charge in [-0.2, -0.15) is 0 Å². The Bertz CT molecular complexity index is 420. The molecule has 1 saturated heterocycles. The highest BCUT2D eigenvalue weighted by molar-refractivity contribution is 9.09. The second kappa shape index (κ2) is 5.55. The van der Waals surface area contributed by atoms with Crippen LogP contribution in [0.15, 0.2) is 30.3 Å². The van der Waals surface area contributed by atoms with Crippen molar-refractivity contribution in [3.8, 4) is 0 Å². The summed E-state index contributed by atoms with van der Waals surface area (Å²) in [5, 5.41) is 0. The number of nitrogens with one attached hydrogen (secondary N) is 1. The van der Waals surface area contributed by atoms with Gasteiger partial charge in [-0.05, 0) is 20.3 Å². The van der Waals surface area contributed by atoms with Crippen LogP contribution in [0.1, 0.15) is 25.8 Å². The van der Waals surface area contributed by atoms with Gasteiger partial charge in [0.25, 0.3) is 0 Å². The SMILES string of the molecule is CC(C)O[C@@H]1C[C@H]2C[NH+](Cc3ccccc3)[C@@H]1[C@@H]2Br. The van der Waals surface area contributed by atoms with E-state index in [2.05, 4.69) is 60.1 Å². The number of rotatable bonds is 4. The fourth-order valence-electron chi connectivity index (χ4n) is 3.77. The second-order valence-corrected chi connectivity index (χ2v) is 7.27. The number of alkyl halides is 1. The number of likely N-dealkylation sites (tertiary alicyclic amines) is 1.